The first-order valence-corrected chi connectivity index (χ1v) is 10.1. The van der Waals surface area contributed by atoms with Gasteiger partial charge in [0.05, 0.1) is 23.0 Å². The molecule has 1 saturated heterocycles. The summed E-state index contributed by atoms with van der Waals surface area (Å²) in [6.45, 7) is 3.81. The SMILES string of the molecule is N#Cc1ccc(Nc2ncnc3c2CN(CCN2CCSC2=O)CC3)c(F)c1. The molecule has 144 valence electrons. The third kappa shape index (κ3) is 3.93. The Morgan fingerprint density at radius 3 is 2.93 bits per heavy atom. The normalized spacial score (nSPS) is 16.7. The van der Waals surface area contributed by atoms with E-state index in [1.165, 1.54) is 24.2 Å². The summed E-state index contributed by atoms with van der Waals surface area (Å²) >= 11 is 1.37. The Bertz CT molecular complexity index is 947. The number of carbonyl (C=O) groups excluding carboxylic acids is 1. The maximum Gasteiger partial charge on any atom is 0.281 e. The van der Waals surface area contributed by atoms with E-state index in [0.717, 1.165) is 43.1 Å². The van der Waals surface area contributed by atoms with E-state index in [9.17, 15) is 9.18 Å². The maximum atomic E-state index is 14.3. The Labute approximate surface area is 166 Å². The minimum atomic E-state index is -0.496. The number of aromatic nitrogens is 2. The summed E-state index contributed by atoms with van der Waals surface area (Å²) in [7, 11) is 0. The predicted molar refractivity (Wildman–Crippen MR) is 105 cm³/mol. The largest absolute Gasteiger partial charge is 0.337 e. The number of hydrogen-bond acceptors (Lipinski definition) is 7. The first-order chi connectivity index (χ1) is 13.6. The van der Waals surface area contributed by atoms with Crippen LogP contribution in [0.1, 0.15) is 16.8 Å². The van der Waals surface area contributed by atoms with Crippen molar-refractivity contribution in [1.82, 2.24) is 19.8 Å². The van der Waals surface area contributed by atoms with Crippen molar-refractivity contribution in [3.05, 3.63) is 47.2 Å². The molecule has 0 aliphatic carbocycles. The summed E-state index contributed by atoms with van der Waals surface area (Å²) < 4.78 is 14.3. The molecule has 0 spiro atoms. The molecular weight excluding hydrogens is 379 g/mol. The highest BCUT2D eigenvalue weighted by atomic mass is 32.2. The third-order valence-electron chi connectivity index (χ3n) is 4.96. The minimum Gasteiger partial charge on any atom is -0.337 e. The number of hydrogen-bond donors (Lipinski definition) is 1. The van der Waals surface area contributed by atoms with E-state index in [1.807, 2.05) is 11.0 Å². The van der Waals surface area contributed by atoms with Crippen LogP contribution in [0.3, 0.4) is 0 Å². The zero-order chi connectivity index (χ0) is 19.5. The molecule has 2 aromatic rings. The van der Waals surface area contributed by atoms with E-state index in [2.05, 4.69) is 20.2 Å². The number of amides is 1. The number of rotatable bonds is 5. The highest BCUT2D eigenvalue weighted by molar-refractivity contribution is 8.13. The molecule has 4 rings (SSSR count). The molecule has 1 aromatic carbocycles. The molecule has 0 bridgehead atoms. The van der Waals surface area contributed by atoms with Crippen LogP contribution in [0.15, 0.2) is 24.5 Å². The van der Waals surface area contributed by atoms with Crippen LogP contribution < -0.4 is 5.32 Å². The lowest BCUT2D eigenvalue weighted by atomic mass is 10.1. The van der Waals surface area contributed by atoms with Gasteiger partial charge in [0, 0.05) is 50.5 Å². The van der Waals surface area contributed by atoms with Gasteiger partial charge in [-0.1, -0.05) is 11.8 Å². The zero-order valence-corrected chi connectivity index (χ0v) is 16.0. The zero-order valence-electron chi connectivity index (χ0n) is 15.2. The van der Waals surface area contributed by atoms with Gasteiger partial charge >= 0.3 is 0 Å². The van der Waals surface area contributed by atoms with Crippen molar-refractivity contribution in [2.24, 2.45) is 0 Å². The minimum absolute atomic E-state index is 0.152. The number of nitrogens with zero attached hydrogens (tertiary/aromatic N) is 5. The van der Waals surface area contributed by atoms with Gasteiger partial charge < -0.3 is 10.2 Å². The topological polar surface area (TPSA) is 85.2 Å². The van der Waals surface area contributed by atoms with E-state index in [-0.39, 0.29) is 16.5 Å². The smallest absolute Gasteiger partial charge is 0.281 e. The molecule has 9 heteroatoms. The van der Waals surface area contributed by atoms with E-state index < -0.39 is 5.82 Å². The number of fused-ring (bicyclic) bond motifs is 1. The van der Waals surface area contributed by atoms with Gasteiger partial charge in [-0.15, -0.1) is 0 Å². The van der Waals surface area contributed by atoms with Crippen LogP contribution in [-0.4, -0.2) is 56.9 Å². The molecule has 1 aromatic heterocycles. The van der Waals surface area contributed by atoms with Gasteiger partial charge in [0.1, 0.15) is 18.0 Å². The molecule has 2 aliphatic heterocycles. The quantitative estimate of drug-likeness (QED) is 0.829. The average molecular weight is 398 g/mol. The molecular formula is C19H19FN6OS. The van der Waals surface area contributed by atoms with Crippen molar-refractivity contribution in [2.45, 2.75) is 13.0 Å². The van der Waals surface area contributed by atoms with Gasteiger partial charge in [0.25, 0.3) is 5.24 Å². The molecule has 1 fully saturated rings. The molecule has 0 radical (unpaired) electrons. The van der Waals surface area contributed by atoms with Crippen molar-refractivity contribution < 1.29 is 9.18 Å². The van der Waals surface area contributed by atoms with Crippen LogP contribution in [0.5, 0.6) is 0 Å². The number of nitriles is 1. The van der Waals surface area contributed by atoms with E-state index >= 15 is 0 Å². The number of nitrogens with one attached hydrogen (secondary N) is 1. The summed E-state index contributed by atoms with van der Waals surface area (Å²) in [5, 5.41) is 12.1. The van der Waals surface area contributed by atoms with E-state index in [1.54, 1.807) is 12.1 Å². The summed E-state index contributed by atoms with van der Waals surface area (Å²) in [5.74, 6) is 0.940. The van der Waals surface area contributed by atoms with Gasteiger partial charge in [0.15, 0.2) is 0 Å². The van der Waals surface area contributed by atoms with Crippen LogP contribution in [0.2, 0.25) is 0 Å². The fourth-order valence-electron chi connectivity index (χ4n) is 3.40. The molecule has 1 N–H and O–H groups in total. The molecule has 1 amide bonds. The van der Waals surface area contributed by atoms with Gasteiger partial charge in [-0.05, 0) is 18.2 Å². The van der Waals surface area contributed by atoms with Crippen LogP contribution in [0.25, 0.3) is 0 Å². The summed E-state index contributed by atoms with van der Waals surface area (Å²) in [6, 6.07) is 6.23. The van der Waals surface area contributed by atoms with Crippen molar-refractivity contribution >= 4 is 28.5 Å². The van der Waals surface area contributed by atoms with E-state index in [0.29, 0.717) is 18.9 Å². The molecule has 2 aliphatic rings. The summed E-state index contributed by atoms with van der Waals surface area (Å²) in [4.78, 5) is 24.6. The Morgan fingerprint density at radius 2 is 2.18 bits per heavy atom. The van der Waals surface area contributed by atoms with Crippen LogP contribution in [0, 0.1) is 17.1 Å². The monoisotopic (exact) mass is 398 g/mol. The van der Waals surface area contributed by atoms with Crippen molar-refractivity contribution in [2.75, 3.05) is 37.2 Å². The molecule has 28 heavy (non-hydrogen) atoms. The highest BCUT2D eigenvalue weighted by Gasteiger charge is 2.25. The van der Waals surface area contributed by atoms with Gasteiger partial charge in [0.2, 0.25) is 0 Å². The average Bonchev–Trinajstić information content (AvgIpc) is 3.13. The lowest BCUT2D eigenvalue weighted by Crippen LogP contribution is -2.38. The number of carbonyl (C=O) groups is 1. The number of anilines is 2. The Hall–Kier alpha value is -2.70. The first kappa shape index (κ1) is 18.7. The van der Waals surface area contributed by atoms with Crippen LogP contribution >= 0.6 is 11.8 Å². The lowest BCUT2D eigenvalue weighted by molar-refractivity contribution is 0.201. The third-order valence-corrected chi connectivity index (χ3v) is 5.86. The van der Waals surface area contributed by atoms with Crippen LogP contribution in [-0.2, 0) is 13.0 Å². The first-order valence-electron chi connectivity index (χ1n) is 9.07. The molecule has 3 heterocycles. The van der Waals surface area contributed by atoms with Crippen molar-refractivity contribution in [3.63, 3.8) is 0 Å². The Kier molecular flexibility index (Phi) is 5.41. The lowest BCUT2D eigenvalue weighted by Gasteiger charge is -2.30. The highest BCUT2D eigenvalue weighted by Crippen LogP contribution is 2.27. The van der Waals surface area contributed by atoms with Gasteiger partial charge in [-0.3, -0.25) is 9.69 Å². The van der Waals surface area contributed by atoms with Gasteiger partial charge in [-0.2, -0.15) is 5.26 Å². The standard InChI is InChI=1S/C19H19FN6OS/c20-15-9-13(10-21)1-2-17(15)24-18-14-11-25(4-3-16(14)22-12-23-18)5-6-26-7-8-28-19(26)27/h1-2,9,12H,3-8,11H2,(H,22,23,24). The number of thioether (sulfide) groups is 1. The maximum absolute atomic E-state index is 14.3. The number of halogens is 1. The second-order valence-corrected chi connectivity index (χ2v) is 7.75. The van der Waals surface area contributed by atoms with Crippen molar-refractivity contribution in [3.8, 4) is 6.07 Å². The van der Waals surface area contributed by atoms with Gasteiger partial charge in [-0.25, -0.2) is 14.4 Å². The summed E-state index contributed by atoms with van der Waals surface area (Å²) in [6.07, 6.45) is 2.27. The molecule has 0 atom stereocenters. The molecule has 0 unspecified atom stereocenters. The Morgan fingerprint density at radius 1 is 1.29 bits per heavy atom. The van der Waals surface area contributed by atoms with Crippen LogP contribution in [0.4, 0.5) is 20.7 Å². The second-order valence-electron chi connectivity index (χ2n) is 6.71. The molecule has 7 nitrogen and oxygen atoms in total. The van der Waals surface area contributed by atoms with E-state index in [4.69, 9.17) is 5.26 Å². The fourth-order valence-corrected chi connectivity index (χ4v) is 4.25. The number of benzene rings is 1. The fraction of sp³-hybridized carbons (Fsp3) is 0.368. The molecule has 0 saturated carbocycles. The predicted octanol–water partition coefficient (Wildman–Crippen LogP) is 2.76. The summed E-state index contributed by atoms with van der Waals surface area (Å²) in [5.41, 5.74) is 2.44. The second kappa shape index (κ2) is 8.12. The van der Waals surface area contributed by atoms with Crippen molar-refractivity contribution in [1.29, 1.82) is 5.26 Å². The Balaban J connectivity index is 1.48.